The highest BCUT2D eigenvalue weighted by Gasteiger charge is 2.11. The van der Waals surface area contributed by atoms with Crippen LogP contribution in [0.2, 0.25) is 0 Å². The Bertz CT molecular complexity index is 870. The summed E-state index contributed by atoms with van der Waals surface area (Å²) in [4.78, 5) is 4.33. The van der Waals surface area contributed by atoms with Crippen LogP contribution in [0.1, 0.15) is 12.5 Å². The normalized spacial score (nSPS) is 12.6. The Labute approximate surface area is 147 Å². The van der Waals surface area contributed by atoms with Gasteiger partial charge in [0.15, 0.2) is 11.5 Å². The molecule has 1 atom stereocenters. The summed E-state index contributed by atoms with van der Waals surface area (Å²) < 4.78 is 13.0. The van der Waals surface area contributed by atoms with E-state index >= 15 is 0 Å². The minimum atomic E-state index is -0.655. The molecule has 3 aromatic rings. The van der Waals surface area contributed by atoms with E-state index in [-0.39, 0.29) is 6.61 Å². The molecular formula is C20H22N2O3. The number of aliphatic hydroxyl groups excluding tert-OH is 1. The van der Waals surface area contributed by atoms with Crippen LogP contribution in [0.25, 0.3) is 17.1 Å². The fraction of sp³-hybridized carbons (Fsp3) is 0.250. The first-order valence-electron chi connectivity index (χ1n) is 8.22. The van der Waals surface area contributed by atoms with Gasteiger partial charge in [-0.3, -0.25) is 0 Å². The van der Waals surface area contributed by atoms with Gasteiger partial charge < -0.3 is 19.1 Å². The lowest BCUT2D eigenvalue weighted by atomic mass is 10.2. The Hall–Kier alpha value is -2.79. The van der Waals surface area contributed by atoms with Crippen LogP contribution in [0, 0.1) is 0 Å². The van der Waals surface area contributed by atoms with E-state index in [0.717, 1.165) is 16.6 Å². The highest BCUT2D eigenvalue weighted by atomic mass is 16.5. The van der Waals surface area contributed by atoms with Crippen molar-refractivity contribution >= 4 is 17.1 Å². The standard InChI is InChI=1S/C20H22N2O3/c1-3-6-15-9-10-19(20(11-15)24-2)25-13-16(23)12-22-14-21-17-7-4-5-8-18(17)22/h3-11,14,16,23H,12-13H2,1-2H3/b6-3+. The third-order valence-electron chi connectivity index (χ3n) is 3.91. The van der Waals surface area contributed by atoms with Crippen LogP contribution in [-0.4, -0.2) is 34.5 Å². The van der Waals surface area contributed by atoms with Crippen molar-refractivity contribution in [1.29, 1.82) is 0 Å². The Balaban J connectivity index is 1.65. The first kappa shape index (κ1) is 17.0. The molecule has 1 unspecified atom stereocenters. The monoisotopic (exact) mass is 338 g/mol. The third kappa shape index (κ3) is 4.00. The Morgan fingerprint density at radius 3 is 2.84 bits per heavy atom. The van der Waals surface area contributed by atoms with E-state index in [0.29, 0.717) is 18.0 Å². The summed E-state index contributed by atoms with van der Waals surface area (Å²) in [6.07, 6.45) is 5.04. The van der Waals surface area contributed by atoms with Crippen molar-refractivity contribution in [2.75, 3.05) is 13.7 Å². The fourth-order valence-corrected chi connectivity index (χ4v) is 2.72. The van der Waals surface area contributed by atoms with Crippen molar-refractivity contribution in [2.24, 2.45) is 0 Å². The van der Waals surface area contributed by atoms with Gasteiger partial charge in [0.2, 0.25) is 0 Å². The van der Waals surface area contributed by atoms with E-state index < -0.39 is 6.10 Å². The molecule has 0 aliphatic rings. The predicted octanol–water partition coefficient (Wildman–Crippen LogP) is 3.52. The molecule has 130 valence electrons. The molecule has 0 saturated carbocycles. The SMILES string of the molecule is C/C=C/c1ccc(OCC(O)Cn2cnc3ccccc32)c(OC)c1. The molecule has 0 radical (unpaired) electrons. The van der Waals surface area contributed by atoms with Gasteiger partial charge >= 0.3 is 0 Å². The quantitative estimate of drug-likeness (QED) is 0.716. The lowest BCUT2D eigenvalue weighted by molar-refractivity contribution is 0.0919. The lowest BCUT2D eigenvalue weighted by Gasteiger charge is -2.15. The number of allylic oxidation sites excluding steroid dienone is 1. The zero-order chi connectivity index (χ0) is 17.6. The summed E-state index contributed by atoms with van der Waals surface area (Å²) in [5.41, 5.74) is 2.95. The zero-order valence-corrected chi connectivity index (χ0v) is 14.4. The number of imidazole rings is 1. The number of hydrogen-bond acceptors (Lipinski definition) is 4. The molecule has 0 amide bonds. The first-order valence-corrected chi connectivity index (χ1v) is 8.22. The average molecular weight is 338 g/mol. The van der Waals surface area contributed by atoms with Crippen LogP contribution >= 0.6 is 0 Å². The lowest BCUT2D eigenvalue weighted by Crippen LogP contribution is -2.23. The molecule has 0 aliphatic heterocycles. The van der Waals surface area contributed by atoms with Gasteiger partial charge in [0.1, 0.15) is 12.7 Å². The van der Waals surface area contributed by atoms with Crippen LogP contribution in [0.3, 0.4) is 0 Å². The zero-order valence-electron chi connectivity index (χ0n) is 14.4. The second kappa shape index (κ2) is 7.85. The topological polar surface area (TPSA) is 56.5 Å². The maximum atomic E-state index is 10.3. The molecule has 1 N–H and O–H groups in total. The molecule has 0 spiro atoms. The summed E-state index contributed by atoms with van der Waals surface area (Å²) in [6.45, 7) is 2.55. The second-order valence-electron chi connectivity index (χ2n) is 5.76. The number of fused-ring (bicyclic) bond motifs is 1. The van der Waals surface area contributed by atoms with Crippen molar-refractivity contribution in [3.8, 4) is 11.5 Å². The van der Waals surface area contributed by atoms with Crippen LogP contribution in [0.4, 0.5) is 0 Å². The molecule has 0 aliphatic carbocycles. The van der Waals surface area contributed by atoms with Crippen molar-refractivity contribution in [2.45, 2.75) is 19.6 Å². The first-order chi connectivity index (χ1) is 12.2. The van der Waals surface area contributed by atoms with E-state index in [1.807, 2.05) is 66.1 Å². The van der Waals surface area contributed by atoms with Gasteiger partial charge in [-0.05, 0) is 36.8 Å². The Morgan fingerprint density at radius 2 is 2.04 bits per heavy atom. The van der Waals surface area contributed by atoms with Gasteiger partial charge in [0.05, 0.1) is 31.0 Å². The molecule has 2 aromatic carbocycles. The number of aromatic nitrogens is 2. The molecule has 0 fully saturated rings. The van der Waals surface area contributed by atoms with Gasteiger partial charge in [-0.15, -0.1) is 0 Å². The van der Waals surface area contributed by atoms with Crippen molar-refractivity contribution in [3.63, 3.8) is 0 Å². The maximum absolute atomic E-state index is 10.3. The van der Waals surface area contributed by atoms with Gasteiger partial charge in [-0.1, -0.05) is 30.4 Å². The molecular weight excluding hydrogens is 316 g/mol. The number of nitrogens with zero attached hydrogens (tertiary/aromatic N) is 2. The predicted molar refractivity (Wildman–Crippen MR) is 98.9 cm³/mol. The minimum Gasteiger partial charge on any atom is -0.493 e. The average Bonchev–Trinajstić information content (AvgIpc) is 3.04. The maximum Gasteiger partial charge on any atom is 0.161 e. The molecule has 0 bridgehead atoms. The van der Waals surface area contributed by atoms with Gasteiger partial charge in [-0.25, -0.2) is 4.98 Å². The number of para-hydroxylation sites is 2. The van der Waals surface area contributed by atoms with E-state index in [1.165, 1.54) is 0 Å². The molecule has 25 heavy (non-hydrogen) atoms. The molecule has 0 saturated heterocycles. The molecule has 5 heteroatoms. The number of hydrogen-bond donors (Lipinski definition) is 1. The number of methoxy groups -OCH3 is 1. The molecule has 1 heterocycles. The second-order valence-corrected chi connectivity index (χ2v) is 5.76. The Kier molecular flexibility index (Phi) is 5.36. The number of rotatable bonds is 7. The summed E-state index contributed by atoms with van der Waals surface area (Å²) in [7, 11) is 1.61. The highest BCUT2D eigenvalue weighted by Crippen LogP contribution is 2.28. The molecule has 5 nitrogen and oxygen atoms in total. The minimum absolute atomic E-state index is 0.172. The fourth-order valence-electron chi connectivity index (χ4n) is 2.72. The van der Waals surface area contributed by atoms with Gasteiger partial charge in [0, 0.05) is 0 Å². The number of benzene rings is 2. The van der Waals surface area contributed by atoms with Crippen molar-refractivity contribution < 1.29 is 14.6 Å². The van der Waals surface area contributed by atoms with Crippen molar-refractivity contribution in [1.82, 2.24) is 9.55 Å². The van der Waals surface area contributed by atoms with E-state index in [9.17, 15) is 5.11 Å². The van der Waals surface area contributed by atoms with E-state index in [2.05, 4.69) is 4.98 Å². The summed E-state index contributed by atoms with van der Waals surface area (Å²) in [5, 5.41) is 10.3. The largest absolute Gasteiger partial charge is 0.493 e. The van der Waals surface area contributed by atoms with Gasteiger partial charge in [0.25, 0.3) is 0 Å². The summed E-state index contributed by atoms with van der Waals surface area (Å²) in [5.74, 6) is 1.26. The Morgan fingerprint density at radius 1 is 1.20 bits per heavy atom. The number of ether oxygens (including phenoxy) is 2. The van der Waals surface area contributed by atoms with Crippen LogP contribution in [-0.2, 0) is 6.54 Å². The van der Waals surface area contributed by atoms with E-state index in [1.54, 1.807) is 13.4 Å². The number of aliphatic hydroxyl groups is 1. The molecule has 1 aromatic heterocycles. The summed E-state index contributed by atoms with van der Waals surface area (Å²) in [6, 6.07) is 13.6. The van der Waals surface area contributed by atoms with Crippen LogP contribution in [0.15, 0.2) is 54.9 Å². The van der Waals surface area contributed by atoms with Crippen LogP contribution < -0.4 is 9.47 Å². The smallest absolute Gasteiger partial charge is 0.161 e. The summed E-state index contributed by atoms with van der Waals surface area (Å²) >= 11 is 0. The third-order valence-corrected chi connectivity index (χ3v) is 3.91. The molecule has 3 rings (SSSR count). The highest BCUT2D eigenvalue weighted by molar-refractivity contribution is 5.74. The van der Waals surface area contributed by atoms with Gasteiger partial charge in [-0.2, -0.15) is 0 Å². The van der Waals surface area contributed by atoms with Crippen LogP contribution in [0.5, 0.6) is 11.5 Å². The van der Waals surface area contributed by atoms with Crippen molar-refractivity contribution in [3.05, 3.63) is 60.4 Å². The van der Waals surface area contributed by atoms with E-state index in [4.69, 9.17) is 9.47 Å².